The van der Waals surface area contributed by atoms with E-state index in [2.05, 4.69) is 26.1 Å². The van der Waals surface area contributed by atoms with E-state index in [0.717, 1.165) is 23.3 Å². The highest BCUT2D eigenvalue weighted by Crippen LogP contribution is 2.28. The van der Waals surface area contributed by atoms with Crippen molar-refractivity contribution in [2.75, 3.05) is 11.5 Å². The van der Waals surface area contributed by atoms with E-state index in [9.17, 15) is 32.4 Å². The molecule has 0 aromatic heterocycles. The van der Waals surface area contributed by atoms with E-state index in [-0.39, 0.29) is 28.9 Å². The molecule has 180 valence electrons. The Kier molecular flexibility index (Phi) is 7.21. The van der Waals surface area contributed by atoms with Crippen LogP contribution in [0.2, 0.25) is 0 Å². The smallest absolute Gasteiger partial charge is 0.340 e. The summed E-state index contributed by atoms with van der Waals surface area (Å²) in [7, 11) is -3.53. The zero-order valence-electron chi connectivity index (χ0n) is 18.7. The van der Waals surface area contributed by atoms with Gasteiger partial charge in [-0.25, -0.2) is 8.42 Å². The maximum atomic E-state index is 14.0. The Labute approximate surface area is 191 Å². The summed E-state index contributed by atoms with van der Waals surface area (Å²) in [4.78, 5) is 9.64. The van der Waals surface area contributed by atoms with Crippen LogP contribution in [0.5, 0.6) is 0 Å². The molecule has 10 heteroatoms. The van der Waals surface area contributed by atoms with E-state index in [4.69, 9.17) is 0 Å². The summed E-state index contributed by atoms with van der Waals surface area (Å²) in [5.74, 6) is -4.09. The number of aliphatic hydroxyl groups is 1. The van der Waals surface area contributed by atoms with E-state index in [1.54, 1.807) is 0 Å². The summed E-state index contributed by atoms with van der Waals surface area (Å²) < 4.78 is 53.0. The Bertz CT molecular complexity index is 1120. The third kappa shape index (κ3) is 6.13. The molecular weight excluding hydrogens is 454 g/mol. The van der Waals surface area contributed by atoms with Crippen LogP contribution in [0, 0.1) is 27.7 Å². The summed E-state index contributed by atoms with van der Waals surface area (Å²) >= 11 is 0. The van der Waals surface area contributed by atoms with Gasteiger partial charge in [-0.2, -0.15) is 8.78 Å². The fourth-order valence-electron chi connectivity index (χ4n) is 4.16. The van der Waals surface area contributed by atoms with Crippen LogP contribution in [0.3, 0.4) is 0 Å². The first kappa shape index (κ1) is 25.2. The van der Waals surface area contributed by atoms with Crippen LogP contribution in [-0.4, -0.2) is 42.1 Å². The molecule has 1 saturated heterocycles. The fraction of sp³-hybridized carbons (Fsp3) is 0.478. The second kappa shape index (κ2) is 9.44. The van der Waals surface area contributed by atoms with E-state index < -0.39 is 50.1 Å². The molecule has 3 atom stereocenters. The number of nitro benzene ring substituents is 1. The molecule has 0 spiro atoms. The lowest BCUT2D eigenvalue weighted by Gasteiger charge is -2.35. The molecule has 2 aromatic carbocycles. The number of benzene rings is 2. The Morgan fingerprint density at radius 2 is 1.76 bits per heavy atom. The summed E-state index contributed by atoms with van der Waals surface area (Å²) in [5, 5.41) is 24.7. The van der Waals surface area contributed by atoms with Crippen LogP contribution in [0.4, 0.5) is 14.5 Å². The van der Waals surface area contributed by atoms with Crippen molar-refractivity contribution in [1.29, 1.82) is 0 Å². The fourth-order valence-corrected chi connectivity index (χ4v) is 6.13. The molecule has 0 aliphatic carbocycles. The Hall–Kier alpha value is -2.43. The predicted octanol–water partition coefficient (Wildman–Crippen LogP) is 3.28. The van der Waals surface area contributed by atoms with Crippen LogP contribution in [0.15, 0.2) is 36.4 Å². The van der Waals surface area contributed by atoms with Crippen LogP contribution < -0.4 is 5.32 Å². The van der Waals surface area contributed by atoms with Crippen molar-refractivity contribution in [3.8, 4) is 0 Å². The molecule has 1 heterocycles. The standard InChI is InChI=1S/C23H28F2N2O5S/c1-23(2,3)17-6-4-5-14(8-17)11-26-20-13-33(31,32)12-16(22(20)28)7-15-9-18(24)21(27(29)30)19(25)10-15/h4-6,8-10,16,20,22,26,28H,7,11-13H2,1-3H3/t16-,20+,22+/m1/s1. The lowest BCUT2D eigenvalue weighted by atomic mass is 9.86. The molecule has 7 nitrogen and oxygen atoms in total. The normalized spacial score (nSPS) is 22.8. The lowest BCUT2D eigenvalue weighted by molar-refractivity contribution is -0.390. The van der Waals surface area contributed by atoms with Gasteiger partial charge in [0.15, 0.2) is 9.84 Å². The van der Waals surface area contributed by atoms with Gasteiger partial charge in [0.25, 0.3) is 0 Å². The minimum absolute atomic E-state index is 0.0494. The van der Waals surface area contributed by atoms with Crippen molar-refractivity contribution in [2.45, 2.75) is 51.3 Å². The van der Waals surface area contributed by atoms with Crippen LogP contribution in [0.1, 0.15) is 37.5 Å². The number of nitro groups is 1. The lowest BCUT2D eigenvalue weighted by Crippen LogP contribution is -2.54. The minimum atomic E-state index is -3.53. The molecule has 1 aliphatic heterocycles. The van der Waals surface area contributed by atoms with Gasteiger partial charge in [0.2, 0.25) is 11.6 Å². The van der Waals surface area contributed by atoms with E-state index >= 15 is 0 Å². The molecule has 0 amide bonds. The monoisotopic (exact) mass is 482 g/mol. The van der Waals surface area contributed by atoms with Crippen molar-refractivity contribution < 1.29 is 27.2 Å². The number of nitrogens with zero attached hydrogens (tertiary/aromatic N) is 1. The topological polar surface area (TPSA) is 110 Å². The van der Waals surface area contributed by atoms with Crippen molar-refractivity contribution in [2.24, 2.45) is 5.92 Å². The molecule has 2 aromatic rings. The highest BCUT2D eigenvalue weighted by molar-refractivity contribution is 7.91. The summed E-state index contributed by atoms with van der Waals surface area (Å²) in [6.45, 7) is 6.61. The molecule has 3 rings (SSSR count). The van der Waals surface area contributed by atoms with Crippen molar-refractivity contribution in [1.82, 2.24) is 5.32 Å². The van der Waals surface area contributed by atoms with Gasteiger partial charge in [0, 0.05) is 18.5 Å². The third-order valence-corrected chi connectivity index (χ3v) is 7.72. The molecule has 2 N–H and O–H groups in total. The number of sulfone groups is 1. The summed E-state index contributed by atoms with van der Waals surface area (Å²) in [5.41, 5.74) is 0.803. The molecular formula is C23H28F2N2O5S. The van der Waals surface area contributed by atoms with Gasteiger partial charge >= 0.3 is 5.69 Å². The maximum absolute atomic E-state index is 14.0. The van der Waals surface area contributed by atoms with Crippen LogP contribution >= 0.6 is 0 Å². The number of halogens is 2. The summed E-state index contributed by atoms with van der Waals surface area (Å²) in [6, 6.07) is 8.74. The van der Waals surface area contributed by atoms with E-state index in [0.29, 0.717) is 6.54 Å². The average molecular weight is 483 g/mol. The molecule has 0 unspecified atom stereocenters. The number of rotatable bonds is 6. The number of aliphatic hydroxyl groups excluding tert-OH is 1. The van der Waals surface area contributed by atoms with Gasteiger partial charge < -0.3 is 10.4 Å². The zero-order chi connectivity index (χ0) is 24.6. The number of hydrogen-bond donors (Lipinski definition) is 2. The Morgan fingerprint density at radius 3 is 2.33 bits per heavy atom. The van der Waals surface area contributed by atoms with E-state index in [1.165, 1.54) is 0 Å². The first-order chi connectivity index (χ1) is 15.3. The highest BCUT2D eigenvalue weighted by atomic mass is 32.2. The van der Waals surface area contributed by atoms with Gasteiger partial charge in [0.1, 0.15) is 0 Å². The summed E-state index contributed by atoms with van der Waals surface area (Å²) in [6.07, 6.45) is -1.22. The van der Waals surface area contributed by atoms with Gasteiger partial charge in [-0.05, 0) is 40.7 Å². The third-order valence-electron chi connectivity index (χ3n) is 5.92. The molecule has 1 fully saturated rings. The second-order valence-electron chi connectivity index (χ2n) is 9.63. The van der Waals surface area contributed by atoms with Gasteiger partial charge in [0.05, 0.1) is 22.5 Å². The van der Waals surface area contributed by atoms with E-state index in [1.807, 2.05) is 24.3 Å². The SMILES string of the molecule is CC(C)(C)c1cccc(CN[C@H]2CS(=O)(=O)C[C@@H](Cc3cc(F)c([N+](=O)[O-])c(F)c3)[C@@H]2O)c1. The van der Waals surface area contributed by atoms with Crippen LogP contribution in [-0.2, 0) is 28.2 Å². The zero-order valence-corrected chi connectivity index (χ0v) is 19.5. The molecule has 0 saturated carbocycles. The van der Waals surface area contributed by atoms with Gasteiger partial charge in [-0.3, -0.25) is 10.1 Å². The molecule has 0 bridgehead atoms. The van der Waals surface area contributed by atoms with Crippen molar-refractivity contribution in [3.63, 3.8) is 0 Å². The van der Waals surface area contributed by atoms with Crippen molar-refractivity contribution >= 4 is 15.5 Å². The molecule has 0 radical (unpaired) electrons. The first-order valence-electron chi connectivity index (χ1n) is 10.6. The highest BCUT2D eigenvalue weighted by Gasteiger charge is 2.39. The second-order valence-corrected chi connectivity index (χ2v) is 11.8. The van der Waals surface area contributed by atoms with Gasteiger partial charge in [-0.1, -0.05) is 45.0 Å². The average Bonchev–Trinajstić information content (AvgIpc) is 2.68. The minimum Gasteiger partial charge on any atom is -0.391 e. The van der Waals surface area contributed by atoms with Crippen LogP contribution in [0.25, 0.3) is 0 Å². The quantitative estimate of drug-likeness (QED) is 0.483. The van der Waals surface area contributed by atoms with Crippen molar-refractivity contribution in [3.05, 3.63) is 74.8 Å². The largest absolute Gasteiger partial charge is 0.391 e. The Balaban J connectivity index is 1.76. The Morgan fingerprint density at radius 1 is 1.12 bits per heavy atom. The molecule has 33 heavy (non-hydrogen) atoms. The number of nitrogens with one attached hydrogen (secondary N) is 1. The predicted molar refractivity (Wildman–Crippen MR) is 121 cm³/mol. The first-order valence-corrected chi connectivity index (χ1v) is 12.4. The van der Waals surface area contributed by atoms with Gasteiger partial charge in [-0.15, -0.1) is 0 Å². The number of hydrogen-bond acceptors (Lipinski definition) is 6. The molecule has 1 aliphatic rings. The maximum Gasteiger partial charge on any atom is 0.340 e.